The summed E-state index contributed by atoms with van der Waals surface area (Å²) in [4.78, 5) is 21.5. The number of ether oxygens (including phenoxy) is 1. The molecule has 0 aliphatic heterocycles. The third-order valence-electron chi connectivity index (χ3n) is 3.65. The van der Waals surface area contributed by atoms with Crippen LogP contribution in [0, 0.1) is 10.1 Å². The zero-order valence-corrected chi connectivity index (χ0v) is 14.7. The fourth-order valence-corrected chi connectivity index (χ4v) is 2.55. The summed E-state index contributed by atoms with van der Waals surface area (Å²) >= 11 is 5.84. The number of hydrogen-bond donors (Lipinski definition) is 1. The molecule has 1 N–H and O–H groups in total. The quantitative estimate of drug-likeness (QED) is 0.426. The fraction of sp³-hybridized carbons (Fsp3) is 0.0588. The first kappa shape index (κ1) is 20.1. The van der Waals surface area contributed by atoms with Crippen LogP contribution in [-0.2, 0) is 6.18 Å². The minimum absolute atomic E-state index is 0.00728. The number of nitrogens with zero attached hydrogens (tertiary/aromatic N) is 2. The molecule has 0 fully saturated rings. The number of carbonyl (C=O) groups is 1. The molecule has 0 aliphatic rings. The van der Waals surface area contributed by atoms with Gasteiger partial charge >= 0.3 is 12.1 Å². The van der Waals surface area contributed by atoms with E-state index in [4.69, 9.17) is 21.4 Å². The number of carboxylic acid groups (broad SMARTS) is 1. The third kappa shape index (κ3) is 4.29. The summed E-state index contributed by atoms with van der Waals surface area (Å²) in [6, 6.07) is 6.87. The summed E-state index contributed by atoms with van der Waals surface area (Å²) < 4.78 is 48.2. The molecule has 8 nitrogen and oxygen atoms in total. The highest BCUT2D eigenvalue weighted by Crippen LogP contribution is 2.38. The van der Waals surface area contributed by atoms with Gasteiger partial charge in [-0.2, -0.15) is 13.2 Å². The highest BCUT2D eigenvalue weighted by molar-refractivity contribution is 6.32. The van der Waals surface area contributed by atoms with Gasteiger partial charge in [-0.3, -0.25) is 10.1 Å². The highest BCUT2D eigenvalue weighted by atomic mass is 35.5. The lowest BCUT2D eigenvalue weighted by Gasteiger charge is -2.11. The molecule has 3 rings (SSSR count). The average Bonchev–Trinajstić information content (AvgIpc) is 3.12. The predicted octanol–water partition coefficient (Wildman–Crippen LogP) is 5.41. The van der Waals surface area contributed by atoms with Gasteiger partial charge in [0.2, 0.25) is 5.76 Å². The van der Waals surface area contributed by atoms with E-state index >= 15 is 0 Å². The molecule has 0 saturated heterocycles. The summed E-state index contributed by atoms with van der Waals surface area (Å²) in [5, 5.41) is 23.3. The van der Waals surface area contributed by atoms with Crippen LogP contribution in [0.25, 0.3) is 11.3 Å². The van der Waals surface area contributed by atoms with E-state index in [1.807, 2.05) is 0 Å². The summed E-state index contributed by atoms with van der Waals surface area (Å²) in [6.07, 6.45) is -4.59. The van der Waals surface area contributed by atoms with Crippen molar-refractivity contribution < 1.29 is 37.3 Å². The van der Waals surface area contributed by atoms with Gasteiger partial charge in [0.05, 0.1) is 21.1 Å². The van der Waals surface area contributed by atoms with Crippen LogP contribution in [0.2, 0.25) is 5.02 Å². The van der Waals surface area contributed by atoms with E-state index in [1.54, 1.807) is 0 Å². The Morgan fingerprint density at radius 3 is 2.48 bits per heavy atom. The molecule has 1 aromatic heterocycles. The van der Waals surface area contributed by atoms with E-state index in [0.717, 1.165) is 30.3 Å². The standard InChI is InChI=1S/C17H8ClF3N2O6/c18-11-5-8(17(19,20)21)1-4-14(11)28-9-2-3-13(23(26)27)10(6-9)12-7-15(16(24)25)29-22-12/h1-7H,(H,24,25). The van der Waals surface area contributed by atoms with Gasteiger partial charge in [0, 0.05) is 12.1 Å². The minimum Gasteiger partial charge on any atom is -0.475 e. The number of halogens is 4. The van der Waals surface area contributed by atoms with Crippen LogP contribution in [0.4, 0.5) is 18.9 Å². The SMILES string of the molecule is O=C(O)c1cc(-c2cc(Oc3ccc(C(F)(F)F)cc3Cl)ccc2[N+](=O)[O-])no1. The van der Waals surface area contributed by atoms with E-state index in [9.17, 15) is 28.1 Å². The highest BCUT2D eigenvalue weighted by Gasteiger charge is 2.31. The number of alkyl halides is 3. The topological polar surface area (TPSA) is 116 Å². The Labute approximate surface area is 164 Å². The number of rotatable bonds is 5. The number of aromatic carboxylic acids is 1. The van der Waals surface area contributed by atoms with Crippen LogP contribution in [0.1, 0.15) is 16.1 Å². The smallest absolute Gasteiger partial charge is 0.416 e. The summed E-state index contributed by atoms with van der Waals surface area (Å²) in [6.45, 7) is 0. The Balaban J connectivity index is 1.99. The van der Waals surface area contributed by atoms with Crippen LogP contribution in [-0.4, -0.2) is 21.2 Å². The van der Waals surface area contributed by atoms with Gasteiger partial charge in [0.1, 0.15) is 17.2 Å². The molecule has 0 saturated carbocycles. The Kier molecular flexibility index (Phi) is 5.16. The third-order valence-corrected chi connectivity index (χ3v) is 3.94. The Bertz CT molecular complexity index is 1110. The van der Waals surface area contributed by atoms with Crippen molar-refractivity contribution in [3.8, 4) is 22.8 Å². The molecule has 0 spiro atoms. The van der Waals surface area contributed by atoms with Crippen LogP contribution >= 0.6 is 11.6 Å². The normalized spacial score (nSPS) is 11.3. The number of nitro benzene ring substituents is 1. The van der Waals surface area contributed by atoms with Crippen molar-refractivity contribution in [2.75, 3.05) is 0 Å². The van der Waals surface area contributed by atoms with Crippen molar-refractivity contribution >= 4 is 23.3 Å². The lowest BCUT2D eigenvalue weighted by atomic mass is 10.1. The Hall–Kier alpha value is -3.60. The molecule has 0 radical (unpaired) electrons. The van der Waals surface area contributed by atoms with Crippen molar-refractivity contribution in [2.45, 2.75) is 6.18 Å². The first-order valence-electron chi connectivity index (χ1n) is 7.59. The molecule has 1 heterocycles. The first-order chi connectivity index (χ1) is 13.6. The van der Waals surface area contributed by atoms with Crippen molar-refractivity contribution in [3.63, 3.8) is 0 Å². The van der Waals surface area contributed by atoms with Gasteiger partial charge in [-0.25, -0.2) is 4.79 Å². The summed E-state index contributed by atoms with van der Waals surface area (Å²) in [7, 11) is 0. The number of nitro groups is 1. The van der Waals surface area contributed by atoms with Crippen molar-refractivity contribution in [1.82, 2.24) is 5.16 Å². The van der Waals surface area contributed by atoms with Crippen molar-refractivity contribution in [3.05, 3.63) is 68.9 Å². The molecule has 29 heavy (non-hydrogen) atoms. The second-order valence-electron chi connectivity index (χ2n) is 5.56. The van der Waals surface area contributed by atoms with Gasteiger partial charge in [-0.1, -0.05) is 16.8 Å². The van der Waals surface area contributed by atoms with Gasteiger partial charge in [-0.05, 0) is 30.3 Å². The molecule has 2 aromatic carbocycles. The Morgan fingerprint density at radius 2 is 1.93 bits per heavy atom. The van der Waals surface area contributed by atoms with Gasteiger partial charge in [-0.15, -0.1) is 0 Å². The zero-order chi connectivity index (χ0) is 21.3. The van der Waals surface area contributed by atoms with Gasteiger partial charge in [0.25, 0.3) is 5.69 Å². The molecule has 0 bridgehead atoms. The first-order valence-corrected chi connectivity index (χ1v) is 7.97. The number of benzene rings is 2. The number of hydrogen-bond acceptors (Lipinski definition) is 6. The molecule has 3 aromatic rings. The van der Waals surface area contributed by atoms with E-state index in [-0.39, 0.29) is 27.8 Å². The maximum Gasteiger partial charge on any atom is 0.416 e. The summed E-state index contributed by atoms with van der Waals surface area (Å²) in [5.74, 6) is -2.08. The fourth-order valence-electron chi connectivity index (χ4n) is 2.33. The molecular weight excluding hydrogens is 421 g/mol. The predicted molar refractivity (Wildman–Crippen MR) is 92.1 cm³/mol. The van der Waals surface area contributed by atoms with Crippen LogP contribution in [0.5, 0.6) is 11.5 Å². The minimum atomic E-state index is -4.59. The number of aromatic nitrogens is 1. The van der Waals surface area contributed by atoms with Crippen LogP contribution < -0.4 is 4.74 Å². The second-order valence-corrected chi connectivity index (χ2v) is 5.97. The molecule has 0 amide bonds. The largest absolute Gasteiger partial charge is 0.475 e. The van der Waals surface area contributed by atoms with E-state index in [0.29, 0.717) is 6.07 Å². The zero-order valence-electron chi connectivity index (χ0n) is 13.9. The molecule has 12 heteroatoms. The van der Waals surface area contributed by atoms with E-state index < -0.39 is 34.1 Å². The van der Waals surface area contributed by atoms with Crippen molar-refractivity contribution in [2.24, 2.45) is 0 Å². The molecule has 0 atom stereocenters. The average molecular weight is 429 g/mol. The maximum atomic E-state index is 12.7. The Morgan fingerprint density at radius 1 is 1.21 bits per heavy atom. The van der Waals surface area contributed by atoms with Crippen molar-refractivity contribution in [1.29, 1.82) is 0 Å². The lowest BCUT2D eigenvalue weighted by Crippen LogP contribution is -2.04. The summed E-state index contributed by atoms with van der Waals surface area (Å²) in [5.41, 5.74) is -1.64. The molecular formula is C17H8ClF3N2O6. The van der Waals surface area contributed by atoms with Crippen LogP contribution in [0.15, 0.2) is 47.0 Å². The van der Waals surface area contributed by atoms with Gasteiger partial charge < -0.3 is 14.4 Å². The second kappa shape index (κ2) is 7.43. The van der Waals surface area contributed by atoms with E-state index in [2.05, 4.69) is 9.68 Å². The molecule has 0 aliphatic carbocycles. The van der Waals surface area contributed by atoms with Gasteiger partial charge in [0.15, 0.2) is 0 Å². The lowest BCUT2D eigenvalue weighted by molar-refractivity contribution is -0.384. The molecule has 0 unspecified atom stereocenters. The number of carboxylic acids is 1. The monoisotopic (exact) mass is 428 g/mol. The van der Waals surface area contributed by atoms with Crippen LogP contribution in [0.3, 0.4) is 0 Å². The molecule has 150 valence electrons. The maximum absolute atomic E-state index is 12.7. The van der Waals surface area contributed by atoms with E-state index in [1.165, 1.54) is 6.07 Å².